The first-order valence-electron chi connectivity index (χ1n) is 5.87. The molecular formula is C12H23NO2. The van der Waals surface area contributed by atoms with Crippen LogP contribution in [0.1, 0.15) is 46.0 Å². The Bertz CT molecular complexity index is 204. The third kappa shape index (κ3) is 4.65. The highest BCUT2D eigenvalue weighted by Gasteiger charge is 2.28. The van der Waals surface area contributed by atoms with Crippen molar-refractivity contribution in [2.24, 2.45) is 5.41 Å². The van der Waals surface area contributed by atoms with Crippen molar-refractivity contribution in [2.45, 2.75) is 52.1 Å². The Morgan fingerprint density at radius 1 is 1.40 bits per heavy atom. The van der Waals surface area contributed by atoms with E-state index in [0.717, 1.165) is 25.7 Å². The number of rotatable bonds is 4. The van der Waals surface area contributed by atoms with Crippen LogP contribution in [0.15, 0.2) is 0 Å². The Balaban J connectivity index is 2.21. The lowest BCUT2D eigenvalue weighted by molar-refractivity contribution is -0.151. The minimum Gasteiger partial charge on any atom is -0.462 e. The lowest BCUT2D eigenvalue weighted by atomic mass is 9.76. The number of hydrogen-bond acceptors (Lipinski definition) is 3. The maximum atomic E-state index is 11.4. The summed E-state index contributed by atoms with van der Waals surface area (Å²) in [5.74, 6) is -0.0611. The molecule has 0 amide bonds. The van der Waals surface area contributed by atoms with Gasteiger partial charge < -0.3 is 10.1 Å². The van der Waals surface area contributed by atoms with Crippen LogP contribution in [0.25, 0.3) is 0 Å². The van der Waals surface area contributed by atoms with Gasteiger partial charge in [0.15, 0.2) is 0 Å². The molecule has 0 saturated heterocycles. The number of ether oxygens (including phenoxy) is 1. The molecule has 0 aromatic carbocycles. The summed E-state index contributed by atoms with van der Waals surface area (Å²) in [5, 5.41) is 2.95. The van der Waals surface area contributed by atoms with Crippen molar-refractivity contribution >= 4 is 5.97 Å². The Morgan fingerprint density at radius 3 is 2.53 bits per heavy atom. The fourth-order valence-corrected chi connectivity index (χ4v) is 1.96. The predicted octanol–water partition coefficient (Wildman–Crippen LogP) is 2.11. The van der Waals surface area contributed by atoms with Gasteiger partial charge in [0.25, 0.3) is 0 Å². The largest absolute Gasteiger partial charge is 0.462 e. The minimum atomic E-state index is -0.0611. The molecule has 1 aliphatic carbocycles. The number of carbonyl (C=O) groups excluding carboxylic acids is 1. The molecule has 15 heavy (non-hydrogen) atoms. The quantitative estimate of drug-likeness (QED) is 0.727. The van der Waals surface area contributed by atoms with E-state index >= 15 is 0 Å². The van der Waals surface area contributed by atoms with E-state index in [4.69, 9.17) is 4.74 Å². The first-order chi connectivity index (χ1) is 7.03. The van der Waals surface area contributed by atoms with Gasteiger partial charge in [0, 0.05) is 6.54 Å². The molecule has 1 rings (SSSR count). The van der Waals surface area contributed by atoms with Gasteiger partial charge in [-0.05, 0) is 38.1 Å². The average Bonchev–Trinajstić information content (AvgIpc) is 2.18. The van der Waals surface area contributed by atoms with Gasteiger partial charge in [-0.3, -0.25) is 4.79 Å². The summed E-state index contributed by atoms with van der Waals surface area (Å²) >= 11 is 0. The maximum absolute atomic E-state index is 11.4. The number of hydrogen-bond donors (Lipinski definition) is 1. The van der Waals surface area contributed by atoms with Crippen LogP contribution in [-0.2, 0) is 9.53 Å². The zero-order valence-corrected chi connectivity index (χ0v) is 10.1. The van der Waals surface area contributed by atoms with E-state index in [1.54, 1.807) is 0 Å². The fraction of sp³-hybridized carbons (Fsp3) is 0.917. The molecule has 0 aromatic rings. The van der Waals surface area contributed by atoms with Crippen LogP contribution in [0.5, 0.6) is 0 Å². The van der Waals surface area contributed by atoms with Gasteiger partial charge in [0.05, 0.1) is 6.42 Å². The van der Waals surface area contributed by atoms with Crippen LogP contribution >= 0.6 is 0 Å². The molecule has 88 valence electrons. The van der Waals surface area contributed by atoms with Crippen LogP contribution in [0.3, 0.4) is 0 Å². The molecule has 1 fully saturated rings. The molecule has 1 aliphatic rings. The molecule has 1 saturated carbocycles. The van der Waals surface area contributed by atoms with Gasteiger partial charge in [-0.2, -0.15) is 0 Å². The Kier molecular flexibility index (Phi) is 4.58. The van der Waals surface area contributed by atoms with E-state index in [-0.39, 0.29) is 12.1 Å². The van der Waals surface area contributed by atoms with Gasteiger partial charge in [-0.1, -0.05) is 13.8 Å². The molecule has 3 nitrogen and oxygen atoms in total. The number of carbonyl (C=O) groups is 1. The van der Waals surface area contributed by atoms with Gasteiger partial charge in [-0.25, -0.2) is 0 Å². The first kappa shape index (κ1) is 12.5. The zero-order valence-electron chi connectivity index (χ0n) is 10.1. The zero-order chi connectivity index (χ0) is 11.3. The highest BCUT2D eigenvalue weighted by molar-refractivity contribution is 5.69. The highest BCUT2D eigenvalue weighted by Crippen LogP contribution is 2.36. The SMILES string of the molecule is CNCCC(=O)OC1CCC(C)(C)CC1. The molecule has 0 heterocycles. The average molecular weight is 213 g/mol. The van der Waals surface area contributed by atoms with E-state index in [9.17, 15) is 4.79 Å². The maximum Gasteiger partial charge on any atom is 0.307 e. The summed E-state index contributed by atoms with van der Waals surface area (Å²) in [6.45, 7) is 5.27. The Hall–Kier alpha value is -0.570. The van der Waals surface area contributed by atoms with Gasteiger partial charge in [-0.15, -0.1) is 0 Å². The third-order valence-electron chi connectivity index (χ3n) is 3.16. The Morgan fingerprint density at radius 2 is 2.00 bits per heavy atom. The van der Waals surface area contributed by atoms with E-state index in [1.807, 2.05) is 7.05 Å². The van der Waals surface area contributed by atoms with E-state index in [0.29, 0.717) is 18.4 Å². The third-order valence-corrected chi connectivity index (χ3v) is 3.16. The van der Waals surface area contributed by atoms with Crippen molar-refractivity contribution < 1.29 is 9.53 Å². The molecular weight excluding hydrogens is 190 g/mol. The molecule has 0 unspecified atom stereocenters. The van der Waals surface area contributed by atoms with Crippen molar-refractivity contribution in [3.8, 4) is 0 Å². The summed E-state index contributed by atoms with van der Waals surface area (Å²) in [7, 11) is 1.84. The van der Waals surface area contributed by atoms with Crippen LogP contribution in [0.4, 0.5) is 0 Å². The smallest absolute Gasteiger partial charge is 0.307 e. The van der Waals surface area contributed by atoms with Crippen LogP contribution in [0.2, 0.25) is 0 Å². The summed E-state index contributed by atoms with van der Waals surface area (Å²) < 4.78 is 5.41. The van der Waals surface area contributed by atoms with Crippen molar-refractivity contribution in [3.63, 3.8) is 0 Å². The number of nitrogens with one attached hydrogen (secondary N) is 1. The van der Waals surface area contributed by atoms with Crippen LogP contribution in [0, 0.1) is 5.41 Å². The molecule has 0 bridgehead atoms. The minimum absolute atomic E-state index is 0.0611. The fourth-order valence-electron chi connectivity index (χ4n) is 1.96. The molecule has 3 heteroatoms. The molecule has 0 aromatic heterocycles. The van der Waals surface area contributed by atoms with E-state index in [1.165, 1.54) is 0 Å². The van der Waals surface area contributed by atoms with Gasteiger partial charge in [0.1, 0.15) is 6.10 Å². The summed E-state index contributed by atoms with van der Waals surface area (Å²) in [5.41, 5.74) is 0.438. The van der Waals surface area contributed by atoms with Crippen molar-refractivity contribution in [1.29, 1.82) is 0 Å². The first-order valence-corrected chi connectivity index (χ1v) is 5.87. The van der Waals surface area contributed by atoms with Gasteiger partial charge in [0.2, 0.25) is 0 Å². The van der Waals surface area contributed by atoms with E-state index < -0.39 is 0 Å². The van der Waals surface area contributed by atoms with E-state index in [2.05, 4.69) is 19.2 Å². The van der Waals surface area contributed by atoms with Crippen molar-refractivity contribution in [2.75, 3.05) is 13.6 Å². The second-order valence-corrected chi connectivity index (χ2v) is 5.21. The summed E-state index contributed by atoms with van der Waals surface area (Å²) in [4.78, 5) is 11.4. The standard InChI is InChI=1S/C12H23NO2/c1-12(2)7-4-10(5-8-12)15-11(14)6-9-13-3/h10,13H,4-9H2,1-3H3. The van der Waals surface area contributed by atoms with Crippen molar-refractivity contribution in [1.82, 2.24) is 5.32 Å². The molecule has 0 radical (unpaired) electrons. The predicted molar refractivity (Wildman–Crippen MR) is 60.7 cm³/mol. The molecule has 1 N–H and O–H groups in total. The van der Waals surface area contributed by atoms with Crippen molar-refractivity contribution in [3.05, 3.63) is 0 Å². The second kappa shape index (κ2) is 5.50. The highest BCUT2D eigenvalue weighted by atomic mass is 16.5. The summed E-state index contributed by atoms with van der Waals surface area (Å²) in [6, 6.07) is 0. The number of esters is 1. The molecule has 0 aliphatic heterocycles. The monoisotopic (exact) mass is 213 g/mol. The van der Waals surface area contributed by atoms with Gasteiger partial charge >= 0.3 is 5.97 Å². The Labute approximate surface area is 92.6 Å². The van der Waals surface area contributed by atoms with Crippen LogP contribution in [-0.4, -0.2) is 25.7 Å². The normalized spacial score (nSPS) is 21.3. The topological polar surface area (TPSA) is 38.3 Å². The molecule has 0 atom stereocenters. The summed E-state index contributed by atoms with van der Waals surface area (Å²) in [6.07, 6.45) is 5.03. The second-order valence-electron chi connectivity index (χ2n) is 5.21. The molecule has 0 spiro atoms. The lowest BCUT2D eigenvalue weighted by Gasteiger charge is -2.33. The van der Waals surface area contributed by atoms with Crippen LogP contribution < -0.4 is 5.32 Å². The lowest BCUT2D eigenvalue weighted by Crippen LogP contribution is -2.29.